The first kappa shape index (κ1) is 23.9. The molecule has 3 atom stereocenters. The van der Waals surface area contributed by atoms with Crippen molar-refractivity contribution in [1.82, 2.24) is 14.9 Å². The lowest BCUT2D eigenvalue weighted by Crippen LogP contribution is -2.59. The number of nitrogens with one attached hydrogen (secondary N) is 2. The number of anilines is 1. The predicted molar refractivity (Wildman–Crippen MR) is 136 cm³/mol. The van der Waals surface area contributed by atoms with E-state index in [1.807, 2.05) is 17.0 Å². The first-order chi connectivity index (χ1) is 17.3. The number of methoxy groups -OCH3 is 1. The molecule has 3 heterocycles. The van der Waals surface area contributed by atoms with Gasteiger partial charge >= 0.3 is 6.09 Å². The zero-order valence-corrected chi connectivity index (χ0v) is 20.9. The molecule has 2 aromatic rings. The highest BCUT2D eigenvalue weighted by Crippen LogP contribution is 2.52. The number of carbonyl (C=O) groups excluding carboxylic acids is 2. The summed E-state index contributed by atoms with van der Waals surface area (Å²) < 4.78 is 5.11. The SMILES string of the molecule is COC(=O)N1[C@@]2(C)C=C[C@]1(C)CC(c1ccc(NC(=O)c3ncc(C#N)[nH]3)c(C3=CCCCC3)c1)C2. The Labute approximate surface area is 211 Å². The summed E-state index contributed by atoms with van der Waals surface area (Å²) in [5.41, 5.74) is 3.61. The number of aromatic nitrogens is 2. The van der Waals surface area contributed by atoms with E-state index < -0.39 is 11.1 Å². The van der Waals surface area contributed by atoms with Gasteiger partial charge in [-0.25, -0.2) is 9.78 Å². The van der Waals surface area contributed by atoms with Crippen molar-refractivity contribution < 1.29 is 14.3 Å². The van der Waals surface area contributed by atoms with Crippen LogP contribution in [0.5, 0.6) is 0 Å². The van der Waals surface area contributed by atoms with Gasteiger partial charge in [0, 0.05) is 11.3 Å². The van der Waals surface area contributed by atoms with Crippen molar-refractivity contribution in [1.29, 1.82) is 5.26 Å². The third kappa shape index (κ3) is 4.09. The van der Waals surface area contributed by atoms with Crippen molar-refractivity contribution in [3.8, 4) is 6.07 Å². The number of hydrogen-bond donors (Lipinski definition) is 2. The van der Waals surface area contributed by atoms with Gasteiger partial charge in [-0.3, -0.25) is 9.69 Å². The highest BCUT2D eigenvalue weighted by Gasteiger charge is 2.55. The molecule has 36 heavy (non-hydrogen) atoms. The van der Waals surface area contributed by atoms with Crippen LogP contribution < -0.4 is 5.32 Å². The fraction of sp³-hybridized carbons (Fsp3) is 0.429. The minimum Gasteiger partial charge on any atom is -0.453 e. The number of fused-ring (bicyclic) bond motifs is 2. The molecule has 0 spiro atoms. The van der Waals surface area contributed by atoms with E-state index in [0.717, 1.165) is 43.4 Å². The molecule has 1 aromatic carbocycles. The Balaban J connectivity index is 1.47. The topological polar surface area (TPSA) is 111 Å². The van der Waals surface area contributed by atoms with Crippen molar-refractivity contribution in [3.05, 3.63) is 65.3 Å². The van der Waals surface area contributed by atoms with E-state index in [2.05, 4.69) is 59.5 Å². The highest BCUT2D eigenvalue weighted by atomic mass is 16.5. The smallest absolute Gasteiger partial charge is 0.410 e. The number of imidazole rings is 1. The summed E-state index contributed by atoms with van der Waals surface area (Å²) >= 11 is 0. The first-order valence-electron chi connectivity index (χ1n) is 12.4. The van der Waals surface area contributed by atoms with Gasteiger partial charge in [0.05, 0.1) is 24.4 Å². The van der Waals surface area contributed by atoms with Crippen molar-refractivity contribution >= 4 is 23.3 Å². The lowest BCUT2D eigenvalue weighted by Gasteiger charge is -2.50. The lowest BCUT2D eigenvalue weighted by atomic mass is 9.74. The monoisotopic (exact) mass is 485 g/mol. The molecule has 2 amide bonds. The maximum absolute atomic E-state index is 12.9. The molecule has 186 valence electrons. The van der Waals surface area contributed by atoms with Gasteiger partial charge in [-0.2, -0.15) is 5.26 Å². The number of amides is 2. The summed E-state index contributed by atoms with van der Waals surface area (Å²) in [4.78, 5) is 34.1. The number of benzene rings is 1. The van der Waals surface area contributed by atoms with Crippen LogP contribution in [0.15, 0.2) is 42.6 Å². The Morgan fingerprint density at radius 3 is 2.58 bits per heavy atom. The average Bonchev–Trinajstić information content (AvgIpc) is 3.43. The second kappa shape index (κ2) is 8.98. The summed E-state index contributed by atoms with van der Waals surface area (Å²) in [6.07, 6.45) is 13.5. The van der Waals surface area contributed by atoms with Gasteiger partial charge in [-0.05, 0) is 81.6 Å². The standard InChI is InChI=1S/C28H31N5O3/c1-27-11-12-28(2,33(27)26(35)36-3)15-20(14-27)19-9-10-23(22(13-19)18-7-5-4-6-8-18)32-25(34)24-30-17-21(16-29)31-24/h7,9-13,17,20H,4-6,8,14-15H2,1-3H3,(H,30,31)(H,32,34)/t20?,27-,28+. The Bertz CT molecular complexity index is 1300. The minimum absolute atomic E-state index is 0.109. The Hall–Kier alpha value is -3.86. The quantitative estimate of drug-likeness (QED) is 0.554. The highest BCUT2D eigenvalue weighted by molar-refractivity contribution is 6.03. The maximum Gasteiger partial charge on any atom is 0.410 e. The Morgan fingerprint density at radius 1 is 1.22 bits per heavy atom. The van der Waals surface area contributed by atoms with Gasteiger partial charge < -0.3 is 15.0 Å². The number of nitriles is 1. The molecule has 1 fully saturated rings. The number of H-pyrrole nitrogens is 1. The Kier molecular flexibility index (Phi) is 5.95. The second-order valence-electron chi connectivity index (χ2n) is 10.4. The molecule has 1 unspecified atom stereocenters. The molecule has 8 nitrogen and oxygen atoms in total. The molecule has 2 bridgehead atoms. The fourth-order valence-corrected chi connectivity index (χ4v) is 6.17. The van der Waals surface area contributed by atoms with E-state index >= 15 is 0 Å². The number of rotatable bonds is 4. The van der Waals surface area contributed by atoms with E-state index in [1.165, 1.54) is 30.9 Å². The molecule has 2 N–H and O–H groups in total. The van der Waals surface area contributed by atoms with E-state index in [0.29, 0.717) is 0 Å². The number of carbonyl (C=O) groups is 2. The lowest BCUT2D eigenvalue weighted by molar-refractivity contribution is 0.0162. The Morgan fingerprint density at radius 2 is 1.97 bits per heavy atom. The number of hydrogen-bond acceptors (Lipinski definition) is 5. The van der Waals surface area contributed by atoms with Crippen LogP contribution >= 0.6 is 0 Å². The first-order valence-corrected chi connectivity index (χ1v) is 12.4. The largest absolute Gasteiger partial charge is 0.453 e. The minimum atomic E-state index is -0.417. The normalized spacial score (nSPS) is 26.8. The molecule has 2 aliphatic heterocycles. The maximum atomic E-state index is 12.9. The van der Waals surface area contributed by atoms with Gasteiger partial charge in [-0.1, -0.05) is 24.3 Å². The number of piperidine rings is 1. The van der Waals surface area contributed by atoms with Crippen molar-refractivity contribution in [3.63, 3.8) is 0 Å². The van der Waals surface area contributed by atoms with E-state index in [1.54, 1.807) is 0 Å². The van der Waals surface area contributed by atoms with Crippen LogP contribution in [0.25, 0.3) is 5.57 Å². The predicted octanol–water partition coefficient (Wildman–Crippen LogP) is 5.52. The van der Waals surface area contributed by atoms with Gasteiger partial charge in [-0.15, -0.1) is 0 Å². The van der Waals surface area contributed by atoms with Gasteiger partial charge in [0.25, 0.3) is 5.91 Å². The van der Waals surface area contributed by atoms with E-state index in [9.17, 15) is 9.59 Å². The molecule has 5 rings (SSSR count). The number of ether oxygens (including phenoxy) is 1. The zero-order valence-electron chi connectivity index (χ0n) is 20.9. The molecule has 0 radical (unpaired) electrons. The summed E-state index contributed by atoms with van der Waals surface area (Å²) in [7, 11) is 1.43. The molecule has 1 aliphatic carbocycles. The third-order valence-electron chi connectivity index (χ3n) is 7.81. The van der Waals surface area contributed by atoms with Crippen molar-refractivity contribution in [2.45, 2.75) is 69.4 Å². The second-order valence-corrected chi connectivity index (χ2v) is 10.4. The van der Waals surface area contributed by atoms with Crippen LogP contribution in [0.3, 0.4) is 0 Å². The van der Waals surface area contributed by atoms with Crippen LogP contribution in [0.2, 0.25) is 0 Å². The molecular formula is C28H31N5O3. The molecule has 1 saturated heterocycles. The van der Waals surface area contributed by atoms with Crippen molar-refractivity contribution in [2.24, 2.45) is 0 Å². The van der Waals surface area contributed by atoms with E-state index in [-0.39, 0.29) is 29.4 Å². The zero-order chi connectivity index (χ0) is 25.5. The van der Waals surface area contributed by atoms with Gasteiger partial charge in [0.15, 0.2) is 5.82 Å². The van der Waals surface area contributed by atoms with Crippen molar-refractivity contribution in [2.75, 3.05) is 12.4 Å². The van der Waals surface area contributed by atoms with Crippen LogP contribution in [-0.4, -0.2) is 45.1 Å². The molecule has 8 heteroatoms. The number of nitrogens with zero attached hydrogens (tertiary/aromatic N) is 3. The fourth-order valence-electron chi connectivity index (χ4n) is 6.17. The van der Waals surface area contributed by atoms with Crippen LogP contribution in [0.1, 0.15) is 85.7 Å². The average molecular weight is 486 g/mol. The van der Waals surface area contributed by atoms with Crippen LogP contribution in [-0.2, 0) is 4.74 Å². The summed E-state index contributed by atoms with van der Waals surface area (Å²) in [5, 5.41) is 12.0. The van der Waals surface area contributed by atoms with Gasteiger partial charge in [0.2, 0.25) is 0 Å². The van der Waals surface area contributed by atoms with Crippen LogP contribution in [0, 0.1) is 11.3 Å². The molecular weight excluding hydrogens is 454 g/mol. The number of aromatic amines is 1. The summed E-state index contributed by atoms with van der Waals surface area (Å²) in [6, 6.07) is 8.22. The van der Waals surface area contributed by atoms with Gasteiger partial charge in [0.1, 0.15) is 11.8 Å². The number of allylic oxidation sites excluding steroid dienone is 2. The summed E-state index contributed by atoms with van der Waals surface area (Å²) in [6.45, 7) is 4.19. The van der Waals surface area contributed by atoms with E-state index in [4.69, 9.17) is 10.00 Å². The molecule has 3 aliphatic rings. The molecule has 1 aromatic heterocycles. The van der Waals surface area contributed by atoms with Crippen LogP contribution in [0.4, 0.5) is 10.5 Å². The molecule has 0 saturated carbocycles. The third-order valence-corrected chi connectivity index (χ3v) is 7.81. The summed E-state index contributed by atoms with van der Waals surface area (Å²) in [5.74, 6) is -0.0275.